The zero-order valence-electron chi connectivity index (χ0n) is 21.4. The van der Waals surface area contributed by atoms with Gasteiger partial charge in [0, 0.05) is 6.54 Å². The van der Waals surface area contributed by atoms with Crippen molar-refractivity contribution in [1.82, 2.24) is 24.1 Å². The molecular weight excluding hydrogens is 484 g/mol. The molecule has 1 aliphatic heterocycles. The average molecular weight is 516 g/mol. The van der Waals surface area contributed by atoms with Crippen LogP contribution in [0, 0.1) is 24.5 Å². The second-order valence-electron chi connectivity index (χ2n) is 10.3. The van der Waals surface area contributed by atoms with Gasteiger partial charge in [-0.1, -0.05) is 36.4 Å². The molecular formula is C30H31F2N5O. The van der Waals surface area contributed by atoms with E-state index < -0.39 is 5.60 Å². The van der Waals surface area contributed by atoms with Gasteiger partial charge in [0.05, 0.1) is 11.0 Å². The van der Waals surface area contributed by atoms with Gasteiger partial charge in [-0.2, -0.15) is 0 Å². The van der Waals surface area contributed by atoms with Crippen LogP contribution in [0.3, 0.4) is 0 Å². The molecule has 0 radical (unpaired) electrons. The standard InChI is InChI=1S/C30H31F2N5O/c1-21-33-34-29-36(27-5-2-3-6-28(27)37(21)29)18-4-17-35-19-15-24(16-20-35)30(38,22-7-11-25(31)12-8-22)23-9-13-26(32)14-10-23/h2-3,5-14,24,38H,4,15-20H2,1H3. The van der Waals surface area contributed by atoms with Gasteiger partial charge in [-0.15, -0.1) is 10.2 Å². The van der Waals surface area contributed by atoms with Crippen LogP contribution in [-0.2, 0) is 12.1 Å². The Morgan fingerprint density at radius 3 is 2.00 bits per heavy atom. The molecule has 0 amide bonds. The Kier molecular flexibility index (Phi) is 6.45. The minimum Gasteiger partial charge on any atom is -0.380 e. The summed E-state index contributed by atoms with van der Waals surface area (Å²) in [7, 11) is 0. The van der Waals surface area contributed by atoms with Gasteiger partial charge in [0.15, 0.2) is 0 Å². The van der Waals surface area contributed by atoms with Gasteiger partial charge in [0.2, 0.25) is 5.78 Å². The normalized spacial score (nSPS) is 15.6. The van der Waals surface area contributed by atoms with E-state index in [9.17, 15) is 13.9 Å². The lowest BCUT2D eigenvalue weighted by atomic mass is 9.72. The summed E-state index contributed by atoms with van der Waals surface area (Å²) in [4.78, 5) is 2.43. The van der Waals surface area contributed by atoms with Crippen LogP contribution in [-0.4, -0.2) is 48.8 Å². The van der Waals surface area contributed by atoms with Crippen LogP contribution >= 0.6 is 0 Å². The molecule has 1 N–H and O–H groups in total. The number of aryl methyl sites for hydroxylation is 2. The van der Waals surface area contributed by atoms with Crippen molar-refractivity contribution in [1.29, 1.82) is 0 Å². The molecule has 0 unspecified atom stereocenters. The summed E-state index contributed by atoms with van der Waals surface area (Å²) >= 11 is 0. The van der Waals surface area contributed by atoms with Crippen molar-refractivity contribution in [3.8, 4) is 0 Å². The third kappa shape index (κ3) is 4.27. The molecule has 5 aromatic rings. The van der Waals surface area contributed by atoms with E-state index in [0.29, 0.717) is 11.1 Å². The first-order valence-electron chi connectivity index (χ1n) is 13.2. The topological polar surface area (TPSA) is 58.6 Å². The van der Waals surface area contributed by atoms with Crippen molar-refractivity contribution in [2.45, 2.75) is 38.3 Å². The number of halogens is 2. The molecule has 1 fully saturated rings. The number of imidazole rings is 1. The van der Waals surface area contributed by atoms with E-state index in [2.05, 4.69) is 42.3 Å². The molecule has 6 nitrogen and oxygen atoms in total. The molecule has 0 saturated carbocycles. The molecule has 8 heteroatoms. The molecule has 2 aromatic heterocycles. The number of aromatic nitrogens is 4. The molecule has 0 bridgehead atoms. The first-order valence-corrected chi connectivity index (χ1v) is 13.2. The Balaban J connectivity index is 1.15. The van der Waals surface area contributed by atoms with Gasteiger partial charge in [0.1, 0.15) is 23.1 Å². The van der Waals surface area contributed by atoms with Gasteiger partial charge in [-0.05, 0) is 99.3 Å². The zero-order valence-corrected chi connectivity index (χ0v) is 21.4. The predicted molar refractivity (Wildman–Crippen MR) is 143 cm³/mol. The monoisotopic (exact) mass is 515 g/mol. The molecule has 0 aliphatic carbocycles. The molecule has 196 valence electrons. The van der Waals surface area contributed by atoms with Crippen LogP contribution in [0.5, 0.6) is 0 Å². The molecule has 0 spiro atoms. The van der Waals surface area contributed by atoms with E-state index in [4.69, 9.17) is 0 Å². The van der Waals surface area contributed by atoms with E-state index in [0.717, 1.165) is 68.1 Å². The summed E-state index contributed by atoms with van der Waals surface area (Å²) in [5.41, 5.74) is 2.23. The summed E-state index contributed by atoms with van der Waals surface area (Å²) in [6.07, 6.45) is 2.53. The van der Waals surface area contributed by atoms with Gasteiger partial charge >= 0.3 is 0 Å². The van der Waals surface area contributed by atoms with Crippen LogP contribution in [0.4, 0.5) is 8.78 Å². The second-order valence-corrected chi connectivity index (χ2v) is 10.3. The van der Waals surface area contributed by atoms with Crippen LogP contribution < -0.4 is 0 Å². The molecule has 1 saturated heterocycles. The lowest BCUT2D eigenvalue weighted by molar-refractivity contribution is -0.0144. The zero-order chi connectivity index (χ0) is 26.3. The number of hydrogen-bond acceptors (Lipinski definition) is 4. The van der Waals surface area contributed by atoms with Crippen molar-refractivity contribution in [3.63, 3.8) is 0 Å². The van der Waals surface area contributed by atoms with Gasteiger partial charge in [-0.25, -0.2) is 8.78 Å². The number of fused-ring (bicyclic) bond motifs is 3. The molecule has 3 heterocycles. The molecule has 1 aliphatic rings. The lowest BCUT2D eigenvalue weighted by Gasteiger charge is -2.42. The SMILES string of the molecule is Cc1nnc2n(CCCN3CCC(C(O)(c4ccc(F)cc4)c4ccc(F)cc4)CC3)c3ccccc3n12. The number of likely N-dealkylation sites (tertiary alicyclic amines) is 1. The summed E-state index contributed by atoms with van der Waals surface area (Å²) in [6, 6.07) is 20.4. The Morgan fingerprint density at radius 1 is 0.816 bits per heavy atom. The minimum atomic E-state index is -1.31. The lowest BCUT2D eigenvalue weighted by Crippen LogP contribution is -2.44. The summed E-state index contributed by atoms with van der Waals surface area (Å²) in [5.74, 6) is 0.984. The number of hydrogen-bond donors (Lipinski definition) is 1. The van der Waals surface area contributed by atoms with Crippen molar-refractivity contribution in [3.05, 3.63) is 101 Å². The number of benzene rings is 3. The van der Waals surface area contributed by atoms with Gasteiger partial charge in [-0.3, -0.25) is 4.40 Å². The van der Waals surface area contributed by atoms with Crippen molar-refractivity contribution >= 4 is 16.8 Å². The Morgan fingerprint density at radius 2 is 1.39 bits per heavy atom. The van der Waals surface area contributed by atoms with Gasteiger partial charge in [0.25, 0.3) is 0 Å². The maximum atomic E-state index is 13.7. The van der Waals surface area contributed by atoms with Gasteiger partial charge < -0.3 is 14.6 Å². The first kappa shape index (κ1) is 24.7. The molecule has 0 atom stereocenters. The fourth-order valence-electron chi connectivity index (χ4n) is 6.09. The van der Waals surface area contributed by atoms with E-state index >= 15 is 0 Å². The summed E-state index contributed by atoms with van der Waals surface area (Å²) < 4.78 is 31.7. The fourth-order valence-corrected chi connectivity index (χ4v) is 6.09. The van der Waals surface area contributed by atoms with E-state index in [-0.39, 0.29) is 17.6 Å². The van der Waals surface area contributed by atoms with Crippen LogP contribution in [0.2, 0.25) is 0 Å². The number of aliphatic hydroxyl groups is 1. The molecule has 38 heavy (non-hydrogen) atoms. The van der Waals surface area contributed by atoms with E-state index in [1.54, 1.807) is 24.3 Å². The number of rotatable bonds is 7. The average Bonchev–Trinajstić information content (AvgIpc) is 3.47. The Hall–Kier alpha value is -3.62. The fraction of sp³-hybridized carbons (Fsp3) is 0.333. The van der Waals surface area contributed by atoms with Crippen molar-refractivity contribution < 1.29 is 13.9 Å². The third-order valence-electron chi connectivity index (χ3n) is 8.07. The summed E-state index contributed by atoms with van der Waals surface area (Å²) in [6.45, 7) is 5.44. The van der Waals surface area contributed by atoms with E-state index in [1.165, 1.54) is 24.3 Å². The van der Waals surface area contributed by atoms with Crippen molar-refractivity contribution in [2.24, 2.45) is 5.92 Å². The third-order valence-corrected chi connectivity index (χ3v) is 8.07. The maximum Gasteiger partial charge on any atom is 0.236 e. The second kappa shape index (κ2) is 9.93. The van der Waals surface area contributed by atoms with Crippen LogP contribution in [0.25, 0.3) is 16.8 Å². The molecule has 6 rings (SSSR count). The highest BCUT2D eigenvalue weighted by Gasteiger charge is 2.41. The van der Waals surface area contributed by atoms with E-state index in [1.807, 2.05) is 13.0 Å². The largest absolute Gasteiger partial charge is 0.380 e. The highest BCUT2D eigenvalue weighted by molar-refractivity contribution is 5.80. The van der Waals surface area contributed by atoms with Crippen molar-refractivity contribution in [2.75, 3.05) is 19.6 Å². The number of nitrogens with zero attached hydrogens (tertiary/aromatic N) is 5. The smallest absolute Gasteiger partial charge is 0.236 e. The van der Waals surface area contributed by atoms with Crippen LogP contribution in [0.15, 0.2) is 72.8 Å². The quantitative estimate of drug-likeness (QED) is 0.319. The molecule has 3 aromatic carbocycles. The highest BCUT2D eigenvalue weighted by atomic mass is 19.1. The highest BCUT2D eigenvalue weighted by Crippen LogP contribution is 2.42. The first-order chi connectivity index (χ1) is 18.4. The summed E-state index contributed by atoms with van der Waals surface area (Å²) in [5, 5.41) is 20.8. The van der Waals surface area contributed by atoms with Crippen LogP contribution in [0.1, 0.15) is 36.2 Å². The Labute approximate surface area is 220 Å². The maximum absolute atomic E-state index is 13.7. The minimum absolute atomic E-state index is 0.0679. The predicted octanol–water partition coefficient (Wildman–Crippen LogP) is 5.31. The number of para-hydroxylation sites is 2. The number of piperidine rings is 1. The Bertz CT molecular complexity index is 1500.